The van der Waals surface area contributed by atoms with E-state index in [1.54, 1.807) is 0 Å². The molecule has 0 aromatic rings. The van der Waals surface area contributed by atoms with Crippen LogP contribution in [0.4, 0.5) is 4.79 Å². The van der Waals surface area contributed by atoms with Crippen molar-refractivity contribution >= 4 is 23.0 Å². The van der Waals surface area contributed by atoms with E-state index in [0.29, 0.717) is 11.8 Å². The first-order chi connectivity index (χ1) is 4.29. The lowest BCUT2D eigenvalue weighted by atomic mass is 10.9. The van der Waals surface area contributed by atoms with Crippen LogP contribution in [0.1, 0.15) is 0 Å². The summed E-state index contributed by atoms with van der Waals surface area (Å²) in [7, 11) is 0. The Morgan fingerprint density at radius 3 is 3.11 bits per heavy atom. The summed E-state index contributed by atoms with van der Waals surface area (Å²) in [4.78, 5) is 13.5. The van der Waals surface area contributed by atoms with Crippen LogP contribution in [0.15, 0.2) is 4.99 Å². The molecule has 5 heteroatoms. The molecule has 2 amide bonds. The summed E-state index contributed by atoms with van der Waals surface area (Å²) in [5.41, 5.74) is 4.75. The highest BCUT2D eigenvalue weighted by molar-refractivity contribution is 8.13. The Balaban J connectivity index is 2.49. The number of nitrogens with two attached hydrogens (primary N) is 1. The molecule has 1 aliphatic rings. The molecule has 0 atom stereocenters. The fourth-order valence-corrected chi connectivity index (χ4v) is 1.12. The first-order valence-corrected chi connectivity index (χ1v) is 3.41. The van der Waals surface area contributed by atoms with E-state index in [2.05, 4.69) is 4.99 Å². The molecule has 0 spiro atoms. The number of amides is 2. The molecule has 0 unspecified atom stereocenters. The smallest absolute Gasteiger partial charge is 0.342 e. The van der Waals surface area contributed by atoms with Gasteiger partial charge in [0.25, 0.3) is 5.23 Å². The summed E-state index contributed by atoms with van der Waals surface area (Å²) in [5, 5.41) is 0.391. The van der Waals surface area contributed by atoms with Crippen molar-refractivity contribution in [2.24, 2.45) is 10.7 Å². The van der Waals surface area contributed by atoms with Gasteiger partial charge in [-0.25, -0.2) is 4.79 Å². The van der Waals surface area contributed by atoms with Crippen LogP contribution in [0.5, 0.6) is 0 Å². The molecule has 9 heavy (non-hydrogen) atoms. The number of rotatable bonds is 0. The van der Waals surface area contributed by atoms with Crippen molar-refractivity contribution in [3.63, 3.8) is 0 Å². The minimum Gasteiger partial charge on any atom is -0.472 e. The lowest BCUT2D eigenvalue weighted by Crippen LogP contribution is -2.07. The molecule has 0 aromatic heterocycles. The predicted octanol–water partition coefficient (Wildman–Crippen LogP) is 0.185. The molecular formula is C4H6N2O2S. The topological polar surface area (TPSA) is 64.7 Å². The Hall–Kier alpha value is -0.710. The van der Waals surface area contributed by atoms with Crippen LogP contribution in [0.3, 0.4) is 0 Å². The minimum atomic E-state index is -0.695. The molecule has 2 N–H and O–H groups in total. The summed E-state index contributed by atoms with van der Waals surface area (Å²) in [6.45, 7) is 0.622. The van der Waals surface area contributed by atoms with Gasteiger partial charge in [-0.3, -0.25) is 0 Å². The molecule has 0 radical (unpaired) electrons. The largest absolute Gasteiger partial charge is 0.472 e. The number of hydrogen-bond acceptors (Lipinski definition) is 3. The quantitative estimate of drug-likeness (QED) is 0.530. The highest BCUT2D eigenvalue weighted by atomic mass is 32.2. The summed E-state index contributed by atoms with van der Waals surface area (Å²) in [6, 6.07) is -0.695. The van der Waals surface area contributed by atoms with Gasteiger partial charge in [0, 0.05) is 5.75 Å². The van der Waals surface area contributed by atoms with E-state index in [4.69, 9.17) is 10.5 Å². The van der Waals surface area contributed by atoms with Gasteiger partial charge in [0.1, 0.15) is 6.61 Å². The normalized spacial score (nSPS) is 22.0. The maximum Gasteiger partial charge on any atom is 0.342 e. The molecule has 50 valence electrons. The average Bonchev–Trinajstić information content (AvgIpc) is 2.15. The monoisotopic (exact) mass is 146 g/mol. The summed E-state index contributed by atoms with van der Waals surface area (Å²) in [6.07, 6.45) is 0. The first kappa shape index (κ1) is 6.41. The van der Waals surface area contributed by atoms with E-state index in [1.165, 1.54) is 11.8 Å². The molecule has 1 rings (SSSR count). The lowest BCUT2D eigenvalue weighted by Gasteiger charge is -1.89. The van der Waals surface area contributed by atoms with Gasteiger partial charge in [0.05, 0.1) is 0 Å². The predicted molar refractivity (Wildman–Crippen MR) is 35.4 cm³/mol. The Kier molecular flexibility index (Phi) is 1.94. The number of ether oxygens (including phenoxy) is 1. The lowest BCUT2D eigenvalue weighted by molar-refractivity contribution is 0.255. The van der Waals surface area contributed by atoms with Crippen LogP contribution < -0.4 is 5.73 Å². The summed E-state index contributed by atoms with van der Waals surface area (Å²) in [5.74, 6) is 0.853. The second kappa shape index (κ2) is 2.72. The minimum absolute atomic E-state index is 0.391. The molecule has 1 saturated heterocycles. The van der Waals surface area contributed by atoms with Crippen LogP contribution in [0.2, 0.25) is 0 Å². The number of urea groups is 1. The Morgan fingerprint density at radius 1 is 1.89 bits per heavy atom. The van der Waals surface area contributed by atoms with Crippen molar-refractivity contribution in [2.75, 3.05) is 12.4 Å². The van der Waals surface area contributed by atoms with Gasteiger partial charge in [0.2, 0.25) is 0 Å². The molecule has 0 bridgehead atoms. The second-order valence-electron chi connectivity index (χ2n) is 1.41. The van der Waals surface area contributed by atoms with E-state index in [-0.39, 0.29) is 0 Å². The molecule has 0 saturated carbocycles. The summed E-state index contributed by atoms with van der Waals surface area (Å²) < 4.78 is 4.88. The Labute approximate surface area is 56.5 Å². The van der Waals surface area contributed by atoms with E-state index in [9.17, 15) is 4.79 Å². The van der Waals surface area contributed by atoms with Gasteiger partial charge >= 0.3 is 6.03 Å². The van der Waals surface area contributed by atoms with Gasteiger partial charge in [-0.15, -0.1) is 0 Å². The zero-order chi connectivity index (χ0) is 6.69. The number of hydrogen-bond donors (Lipinski definition) is 1. The third kappa shape index (κ3) is 1.93. The van der Waals surface area contributed by atoms with E-state index in [0.717, 1.165) is 5.75 Å². The van der Waals surface area contributed by atoms with Crippen molar-refractivity contribution in [3.8, 4) is 0 Å². The average molecular weight is 146 g/mol. The van der Waals surface area contributed by atoms with Gasteiger partial charge < -0.3 is 10.5 Å². The standard InChI is InChI=1S/C4H6N2O2S/c5-3(7)6-4-8-1-2-9-4/h1-2H2,(H2,5,7)/b6-4-. The zero-order valence-electron chi connectivity index (χ0n) is 4.66. The second-order valence-corrected chi connectivity index (χ2v) is 2.46. The van der Waals surface area contributed by atoms with Crippen molar-refractivity contribution in [1.29, 1.82) is 0 Å². The van der Waals surface area contributed by atoms with Crippen molar-refractivity contribution in [2.45, 2.75) is 0 Å². The highest BCUT2D eigenvalue weighted by Gasteiger charge is 2.10. The number of aliphatic imine (C=N–C) groups is 1. The fourth-order valence-electron chi connectivity index (χ4n) is 0.454. The van der Waals surface area contributed by atoms with Crippen LogP contribution in [0.25, 0.3) is 0 Å². The van der Waals surface area contributed by atoms with Crippen LogP contribution >= 0.6 is 11.8 Å². The summed E-state index contributed by atoms with van der Waals surface area (Å²) >= 11 is 1.40. The zero-order valence-corrected chi connectivity index (χ0v) is 5.48. The van der Waals surface area contributed by atoms with Gasteiger partial charge in [-0.05, 0) is 0 Å². The Morgan fingerprint density at radius 2 is 2.67 bits per heavy atom. The number of carbonyl (C=O) groups is 1. The van der Waals surface area contributed by atoms with Crippen molar-refractivity contribution in [1.82, 2.24) is 0 Å². The maximum atomic E-state index is 10.1. The molecule has 1 aliphatic heterocycles. The third-order valence-corrected chi connectivity index (χ3v) is 1.56. The Bertz CT molecular complexity index is 149. The molecule has 4 nitrogen and oxygen atoms in total. The van der Waals surface area contributed by atoms with Crippen molar-refractivity contribution in [3.05, 3.63) is 0 Å². The van der Waals surface area contributed by atoms with E-state index in [1.807, 2.05) is 0 Å². The van der Waals surface area contributed by atoms with Crippen LogP contribution in [0, 0.1) is 0 Å². The highest BCUT2D eigenvalue weighted by Crippen LogP contribution is 2.12. The number of nitrogens with zero attached hydrogens (tertiary/aromatic N) is 1. The molecule has 0 aromatic carbocycles. The SMILES string of the molecule is NC(=O)/N=C1/OCCS1. The van der Waals surface area contributed by atoms with Gasteiger partial charge in [0.15, 0.2) is 0 Å². The molecule has 0 aliphatic carbocycles. The fraction of sp³-hybridized carbons (Fsp3) is 0.500. The number of thioether (sulfide) groups is 1. The third-order valence-electron chi connectivity index (χ3n) is 0.736. The van der Waals surface area contributed by atoms with Gasteiger partial charge in [-0.1, -0.05) is 11.8 Å². The molecular weight excluding hydrogens is 140 g/mol. The first-order valence-electron chi connectivity index (χ1n) is 2.43. The molecule has 1 fully saturated rings. The van der Waals surface area contributed by atoms with Gasteiger partial charge in [-0.2, -0.15) is 4.99 Å². The maximum absolute atomic E-state index is 10.1. The van der Waals surface area contributed by atoms with Crippen LogP contribution in [-0.4, -0.2) is 23.6 Å². The number of carbonyl (C=O) groups excluding carboxylic acids is 1. The number of primary amides is 1. The van der Waals surface area contributed by atoms with E-state index >= 15 is 0 Å². The van der Waals surface area contributed by atoms with E-state index < -0.39 is 6.03 Å². The van der Waals surface area contributed by atoms with Crippen molar-refractivity contribution < 1.29 is 9.53 Å². The molecule has 1 heterocycles. The van der Waals surface area contributed by atoms with Crippen LogP contribution in [-0.2, 0) is 4.74 Å².